The van der Waals surface area contributed by atoms with Crippen LogP contribution < -0.4 is 10.6 Å². The first-order chi connectivity index (χ1) is 11.9. The molecule has 2 fully saturated rings. The molecular formula is C15H17N5O5. The Morgan fingerprint density at radius 3 is 2.84 bits per heavy atom. The standard InChI is InChI=1S/C15H17N5O5/c1-9-11(3-2-4-12(9)20(24)25)17-15(23)18-5-6-19-10(8-18)7-16-13(21)14(19)22/h2-4,10H,5-8H2,1H3,(H,16,21)(H,17,23)/t10-/m1/s1. The third-order valence-electron chi connectivity index (χ3n) is 4.47. The molecule has 0 radical (unpaired) electrons. The molecule has 2 saturated heterocycles. The van der Waals surface area contributed by atoms with E-state index < -0.39 is 22.8 Å². The van der Waals surface area contributed by atoms with Crippen molar-refractivity contribution in [1.29, 1.82) is 0 Å². The second-order valence-electron chi connectivity index (χ2n) is 5.95. The third kappa shape index (κ3) is 3.10. The number of amides is 4. The fraction of sp³-hybridized carbons (Fsp3) is 0.400. The van der Waals surface area contributed by atoms with Crippen LogP contribution in [0.3, 0.4) is 0 Å². The van der Waals surface area contributed by atoms with E-state index in [2.05, 4.69) is 10.6 Å². The van der Waals surface area contributed by atoms with Crippen molar-refractivity contribution in [3.05, 3.63) is 33.9 Å². The minimum atomic E-state index is -0.624. The predicted octanol–water partition coefficient (Wildman–Crippen LogP) is 0.0777. The van der Waals surface area contributed by atoms with Gasteiger partial charge in [0.1, 0.15) is 0 Å². The molecule has 1 aromatic carbocycles. The first-order valence-electron chi connectivity index (χ1n) is 7.77. The highest BCUT2D eigenvalue weighted by Crippen LogP contribution is 2.25. The van der Waals surface area contributed by atoms with E-state index in [1.807, 2.05) is 0 Å². The summed E-state index contributed by atoms with van der Waals surface area (Å²) >= 11 is 0. The molecule has 0 unspecified atom stereocenters. The van der Waals surface area contributed by atoms with E-state index in [-0.39, 0.29) is 31.4 Å². The number of hydrogen-bond donors (Lipinski definition) is 2. The van der Waals surface area contributed by atoms with Crippen LogP contribution in [0.2, 0.25) is 0 Å². The first kappa shape index (κ1) is 16.7. The lowest BCUT2D eigenvalue weighted by molar-refractivity contribution is -0.385. The Morgan fingerprint density at radius 2 is 2.12 bits per heavy atom. The van der Waals surface area contributed by atoms with Crippen LogP contribution in [0.4, 0.5) is 16.2 Å². The van der Waals surface area contributed by atoms with Gasteiger partial charge >= 0.3 is 17.8 Å². The first-order valence-corrected chi connectivity index (χ1v) is 7.77. The minimum Gasteiger partial charge on any atom is -0.346 e. The number of nitro groups is 1. The molecule has 0 saturated carbocycles. The Bertz CT molecular complexity index is 765. The SMILES string of the molecule is Cc1c(NC(=O)N2CCN3C(=O)C(=O)NC[C@@H]3C2)cccc1[N+](=O)[O-]. The summed E-state index contributed by atoms with van der Waals surface area (Å²) in [7, 11) is 0. The largest absolute Gasteiger partial charge is 0.346 e. The lowest BCUT2D eigenvalue weighted by Gasteiger charge is -2.43. The second kappa shape index (κ2) is 6.38. The third-order valence-corrected chi connectivity index (χ3v) is 4.47. The normalized spacial score (nSPS) is 20.0. The van der Waals surface area contributed by atoms with E-state index in [9.17, 15) is 24.5 Å². The maximum absolute atomic E-state index is 12.5. The topological polar surface area (TPSA) is 125 Å². The molecule has 132 valence electrons. The zero-order valence-corrected chi connectivity index (χ0v) is 13.5. The summed E-state index contributed by atoms with van der Waals surface area (Å²) in [5, 5.41) is 16.2. The van der Waals surface area contributed by atoms with Crippen molar-refractivity contribution in [2.75, 3.05) is 31.5 Å². The van der Waals surface area contributed by atoms with Crippen molar-refractivity contribution in [2.24, 2.45) is 0 Å². The van der Waals surface area contributed by atoms with Gasteiger partial charge in [0.25, 0.3) is 5.69 Å². The number of benzene rings is 1. The molecule has 2 N–H and O–H groups in total. The van der Waals surface area contributed by atoms with Crippen molar-refractivity contribution < 1.29 is 19.3 Å². The Balaban J connectivity index is 1.69. The number of carbonyl (C=O) groups excluding carboxylic acids is 3. The van der Waals surface area contributed by atoms with Crippen LogP contribution in [0, 0.1) is 17.0 Å². The zero-order chi connectivity index (χ0) is 18.1. The van der Waals surface area contributed by atoms with Gasteiger partial charge in [-0.2, -0.15) is 0 Å². The highest BCUT2D eigenvalue weighted by atomic mass is 16.6. The van der Waals surface area contributed by atoms with E-state index in [1.165, 1.54) is 21.9 Å². The van der Waals surface area contributed by atoms with Gasteiger partial charge in [0.2, 0.25) is 0 Å². The molecule has 1 atom stereocenters. The van der Waals surface area contributed by atoms with Crippen molar-refractivity contribution >= 4 is 29.2 Å². The number of urea groups is 1. The van der Waals surface area contributed by atoms with Gasteiger partial charge in [-0.3, -0.25) is 19.7 Å². The molecule has 4 amide bonds. The van der Waals surface area contributed by atoms with Crippen molar-refractivity contribution in [3.8, 4) is 0 Å². The van der Waals surface area contributed by atoms with E-state index in [0.29, 0.717) is 17.8 Å². The van der Waals surface area contributed by atoms with Crippen molar-refractivity contribution in [1.82, 2.24) is 15.1 Å². The second-order valence-corrected chi connectivity index (χ2v) is 5.95. The highest BCUT2D eigenvalue weighted by molar-refractivity contribution is 6.35. The molecular weight excluding hydrogens is 330 g/mol. The fourth-order valence-corrected chi connectivity index (χ4v) is 3.05. The van der Waals surface area contributed by atoms with Crippen molar-refractivity contribution in [3.63, 3.8) is 0 Å². The van der Waals surface area contributed by atoms with Gasteiger partial charge in [0, 0.05) is 32.2 Å². The van der Waals surface area contributed by atoms with Gasteiger partial charge in [0.05, 0.1) is 22.2 Å². The lowest BCUT2D eigenvalue weighted by Crippen LogP contribution is -2.66. The Labute approximate surface area is 142 Å². The average molecular weight is 347 g/mol. The summed E-state index contributed by atoms with van der Waals surface area (Å²) in [6.07, 6.45) is 0. The molecule has 1 aromatic rings. The van der Waals surface area contributed by atoms with Crippen LogP contribution in [0.1, 0.15) is 5.56 Å². The summed E-state index contributed by atoms with van der Waals surface area (Å²) in [5.41, 5.74) is 0.678. The summed E-state index contributed by atoms with van der Waals surface area (Å²) < 4.78 is 0. The molecule has 2 heterocycles. The monoisotopic (exact) mass is 347 g/mol. The highest BCUT2D eigenvalue weighted by Gasteiger charge is 2.38. The zero-order valence-electron chi connectivity index (χ0n) is 13.5. The van der Waals surface area contributed by atoms with Gasteiger partial charge in [-0.1, -0.05) is 6.07 Å². The van der Waals surface area contributed by atoms with E-state index in [0.717, 1.165) is 0 Å². The number of rotatable bonds is 2. The van der Waals surface area contributed by atoms with Gasteiger partial charge in [0.15, 0.2) is 0 Å². The van der Waals surface area contributed by atoms with E-state index in [1.54, 1.807) is 13.0 Å². The van der Waals surface area contributed by atoms with Crippen molar-refractivity contribution in [2.45, 2.75) is 13.0 Å². The number of fused-ring (bicyclic) bond motifs is 1. The maximum Gasteiger partial charge on any atom is 0.321 e. The predicted molar refractivity (Wildman–Crippen MR) is 86.9 cm³/mol. The number of hydrogen-bond acceptors (Lipinski definition) is 5. The summed E-state index contributed by atoms with van der Waals surface area (Å²) in [6, 6.07) is 3.82. The Hall–Kier alpha value is -3.17. The van der Waals surface area contributed by atoms with E-state index in [4.69, 9.17) is 0 Å². The van der Waals surface area contributed by atoms with Gasteiger partial charge < -0.3 is 20.4 Å². The molecule has 0 aliphatic carbocycles. The Morgan fingerprint density at radius 1 is 1.36 bits per heavy atom. The lowest BCUT2D eigenvalue weighted by atomic mass is 10.1. The molecule has 3 rings (SSSR count). The summed E-state index contributed by atoms with van der Waals surface area (Å²) in [5.74, 6) is -1.20. The van der Waals surface area contributed by atoms with Crippen LogP contribution in [-0.2, 0) is 9.59 Å². The number of nitrogens with zero attached hydrogens (tertiary/aromatic N) is 3. The van der Waals surface area contributed by atoms with Crippen LogP contribution in [0.15, 0.2) is 18.2 Å². The Kier molecular flexibility index (Phi) is 4.26. The molecule has 2 aliphatic heterocycles. The van der Waals surface area contributed by atoms with Gasteiger partial charge in [-0.05, 0) is 13.0 Å². The molecule has 2 aliphatic rings. The van der Waals surface area contributed by atoms with Crippen LogP contribution in [-0.4, -0.2) is 64.8 Å². The van der Waals surface area contributed by atoms with Gasteiger partial charge in [-0.25, -0.2) is 4.79 Å². The number of nitro benzene ring substituents is 1. The van der Waals surface area contributed by atoms with Gasteiger partial charge in [-0.15, -0.1) is 0 Å². The number of anilines is 1. The minimum absolute atomic E-state index is 0.0665. The molecule has 0 spiro atoms. The van der Waals surface area contributed by atoms with Crippen LogP contribution >= 0.6 is 0 Å². The summed E-state index contributed by atoms with van der Waals surface area (Å²) in [4.78, 5) is 49.2. The summed E-state index contributed by atoms with van der Waals surface area (Å²) in [6.45, 7) is 2.71. The fourth-order valence-electron chi connectivity index (χ4n) is 3.05. The quantitative estimate of drug-likeness (QED) is 0.445. The molecule has 0 aromatic heterocycles. The smallest absolute Gasteiger partial charge is 0.321 e. The number of carbonyl (C=O) groups is 3. The molecule has 10 heteroatoms. The van der Waals surface area contributed by atoms with Crippen LogP contribution in [0.5, 0.6) is 0 Å². The maximum atomic E-state index is 12.5. The molecule has 25 heavy (non-hydrogen) atoms. The average Bonchev–Trinajstić information content (AvgIpc) is 2.59. The number of piperazine rings is 2. The molecule has 10 nitrogen and oxygen atoms in total. The molecule has 0 bridgehead atoms. The number of nitrogens with one attached hydrogen (secondary N) is 2. The van der Waals surface area contributed by atoms with Crippen LogP contribution in [0.25, 0.3) is 0 Å². The van der Waals surface area contributed by atoms with E-state index >= 15 is 0 Å².